The summed E-state index contributed by atoms with van der Waals surface area (Å²) in [6.07, 6.45) is -3.86. The average Bonchev–Trinajstić information content (AvgIpc) is 3.01. The lowest BCUT2D eigenvalue weighted by Crippen LogP contribution is -2.57. The Morgan fingerprint density at radius 1 is 0.490 bits per heavy atom. The Balaban J connectivity index is 2.80. The van der Waals surface area contributed by atoms with E-state index in [1.807, 2.05) is 6.07 Å². The van der Waals surface area contributed by atoms with E-state index in [2.05, 4.69) is 0 Å². The quantitative estimate of drug-likeness (QED) is 0.310. The van der Waals surface area contributed by atoms with Crippen molar-refractivity contribution in [2.75, 3.05) is 21.1 Å². The average molecular weight is 688 g/mol. The molecule has 12 heteroatoms. The maximum absolute atomic E-state index is 14.1. The Morgan fingerprint density at radius 3 is 1.14 bits per heavy atom. The number of amides is 3. The van der Waals surface area contributed by atoms with Gasteiger partial charge in [-0.05, 0) is 35.2 Å². The van der Waals surface area contributed by atoms with E-state index in [1.165, 1.54) is 35.8 Å². The van der Waals surface area contributed by atoms with Gasteiger partial charge in [0.25, 0.3) is 17.7 Å². The number of carbonyl (C=O) groups excluding carboxylic acids is 6. The summed E-state index contributed by atoms with van der Waals surface area (Å²) in [7, 11) is 4.30. The lowest BCUT2D eigenvalue weighted by atomic mass is 9.98. The van der Waals surface area contributed by atoms with Gasteiger partial charge in [-0.1, -0.05) is 99.6 Å². The molecule has 1 aliphatic heterocycles. The first kappa shape index (κ1) is 41.2. The molecular formula is C37H57N3O9. The second-order valence-corrected chi connectivity index (χ2v) is 14.7. The number of esters is 3. The van der Waals surface area contributed by atoms with Crippen LogP contribution in [0.25, 0.3) is 0 Å². The van der Waals surface area contributed by atoms with Gasteiger partial charge in [-0.15, -0.1) is 0 Å². The molecule has 0 unspecified atom stereocenters. The lowest BCUT2D eigenvalue weighted by Gasteiger charge is -2.38. The second kappa shape index (κ2) is 17.6. The van der Waals surface area contributed by atoms with Crippen LogP contribution >= 0.6 is 0 Å². The minimum absolute atomic E-state index is 0.0545. The largest absolute Gasteiger partial charge is 0.450 e. The van der Waals surface area contributed by atoms with Gasteiger partial charge in [-0.2, -0.15) is 0 Å². The third-order valence-electron chi connectivity index (χ3n) is 8.91. The van der Waals surface area contributed by atoms with Crippen LogP contribution in [0.3, 0.4) is 0 Å². The van der Waals surface area contributed by atoms with E-state index >= 15 is 0 Å². The Morgan fingerprint density at radius 2 is 0.816 bits per heavy atom. The Bertz CT molecular complexity index is 1320. The highest BCUT2D eigenvalue weighted by molar-refractivity contribution is 5.94. The fraction of sp³-hybridized carbons (Fsp3) is 0.676. The highest BCUT2D eigenvalue weighted by Crippen LogP contribution is 2.24. The zero-order valence-corrected chi connectivity index (χ0v) is 31.5. The molecule has 0 spiro atoms. The monoisotopic (exact) mass is 687 g/mol. The van der Waals surface area contributed by atoms with E-state index in [0.29, 0.717) is 0 Å². The topological polar surface area (TPSA) is 140 Å². The summed E-state index contributed by atoms with van der Waals surface area (Å²) in [5.41, 5.74) is 0.733. The number of hydrogen-bond donors (Lipinski definition) is 0. The molecule has 1 fully saturated rings. The molecule has 1 aromatic rings. The molecule has 6 atom stereocenters. The molecule has 12 nitrogen and oxygen atoms in total. The zero-order chi connectivity index (χ0) is 37.5. The molecule has 0 aromatic heterocycles. The number of rotatable bonds is 7. The van der Waals surface area contributed by atoms with Crippen molar-refractivity contribution >= 4 is 35.6 Å². The molecule has 1 aliphatic rings. The van der Waals surface area contributed by atoms with E-state index in [1.54, 1.807) is 93.5 Å². The van der Waals surface area contributed by atoms with Gasteiger partial charge in [0.1, 0.15) is 18.1 Å². The van der Waals surface area contributed by atoms with E-state index in [4.69, 9.17) is 14.2 Å². The van der Waals surface area contributed by atoms with E-state index in [0.717, 1.165) is 5.56 Å². The van der Waals surface area contributed by atoms with Crippen molar-refractivity contribution in [3.05, 3.63) is 35.9 Å². The van der Waals surface area contributed by atoms with Gasteiger partial charge in [0.2, 0.25) is 0 Å². The molecule has 274 valence electrons. The summed E-state index contributed by atoms with van der Waals surface area (Å²) >= 11 is 0. The molecule has 1 saturated heterocycles. The first-order chi connectivity index (χ1) is 22.7. The van der Waals surface area contributed by atoms with Gasteiger partial charge in [0.05, 0.1) is 0 Å². The van der Waals surface area contributed by atoms with Crippen molar-refractivity contribution in [3.63, 3.8) is 0 Å². The third kappa shape index (κ3) is 10.0. The summed E-state index contributed by atoms with van der Waals surface area (Å²) in [5, 5.41) is 0. The maximum atomic E-state index is 14.1. The van der Waals surface area contributed by atoms with Gasteiger partial charge < -0.3 is 28.9 Å². The minimum Gasteiger partial charge on any atom is -0.450 e. The summed E-state index contributed by atoms with van der Waals surface area (Å²) < 4.78 is 17.6. The first-order valence-corrected chi connectivity index (χ1v) is 17.2. The second-order valence-electron chi connectivity index (χ2n) is 14.7. The van der Waals surface area contributed by atoms with Crippen LogP contribution in [0.15, 0.2) is 30.3 Å². The van der Waals surface area contributed by atoms with Gasteiger partial charge in [0.15, 0.2) is 18.3 Å². The van der Waals surface area contributed by atoms with Crippen molar-refractivity contribution in [2.24, 2.45) is 29.6 Å². The highest BCUT2D eigenvalue weighted by atomic mass is 16.6. The lowest BCUT2D eigenvalue weighted by molar-refractivity contribution is -0.181. The van der Waals surface area contributed by atoms with Crippen LogP contribution in [0.2, 0.25) is 0 Å². The Labute approximate surface area is 291 Å². The molecular weight excluding hydrogens is 630 g/mol. The van der Waals surface area contributed by atoms with Crippen LogP contribution in [0.1, 0.15) is 74.8 Å². The van der Waals surface area contributed by atoms with Gasteiger partial charge in [-0.25, -0.2) is 14.4 Å². The van der Waals surface area contributed by atoms with Crippen LogP contribution in [-0.2, 0) is 49.4 Å². The normalized spacial score (nSPS) is 26.0. The number of hydrogen-bond acceptors (Lipinski definition) is 9. The highest BCUT2D eigenvalue weighted by Gasteiger charge is 2.44. The van der Waals surface area contributed by atoms with E-state index < -0.39 is 102 Å². The van der Waals surface area contributed by atoms with Crippen LogP contribution in [0, 0.1) is 29.6 Å². The smallest absolute Gasteiger partial charge is 0.329 e. The molecule has 0 saturated carbocycles. The number of nitrogens with zero attached hydrogens (tertiary/aromatic N) is 3. The number of ether oxygens (including phenoxy) is 3. The summed E-state index contributed by atoms with van der Waals surface area (Å²) in [6.45, 7) is 17.2. The van der Waals surface area contributed by atoms with Crippen LogP contribution in [0.5, 0.6) is 0 Å². The first-order valence-electron chi connectivity index (χ1n) is 17.2. The zero-order valence-electron chi connectivity index (χ0n) is 31.5. The summed E-state index contributed by atoms with van der Waals surface area (Å²) in [4.78, 5) is 87.5. The molecule has 0 N–H and O–H groups in total. The van der Waals surface area contributed by atoms with Crippen LogP contribution in [0.4, 0.5) is 0 Å². The number of cyclic esters (lactones) is 3. The molecule has 1 heterocycles. The fourth-order valence-electron chi connectivity index (χ4n) is 6.01. The van der Waals surface area contributed by atoms with E-state index in [9.17, 15) is 28.8 Å². The molecule has 0 bridgehead atoms. The van der Waals surface area contributed by atoms with Crippen molar-refractivity contribution < 1.29 is 43.0 Å². The number of likely N-dealkylation sites (N-methyl/N-ethyl adjacent to an activating group) is 3. The van der Waals surface area contributed by atoms with Crippen LogP contribution < -0.4 is 0 Å². The fourth-order valence-corrected chi connectivity index (χ4v) is 6.01. The molecule has 2 rings (SSSR count). The Hall–Kier alpha value is -3.96. The van der Waals surface area contributed by atoms with Crippen molar-refractivity contribution in [2.45, 2.75) is 112 Å². The van der Waals surface area contributed by atoms with Gasteiger partial charge in [0, 0.05) is 27.6 Å². The maximum Gasteiger partial charge on any atom is 0.329 e. The number of benzene rings is 1. The molecule has 49 heavy (non-hydrogen) atoms. The minimum atomic E-state index is -1.31. The predicted octanol–water partition coefficient (Wildman–Crippen LogP) is 3.74. The number of carbonyl (C=O) groups is 6. The Kier molecular flexibility index (Phi) is 14.8. The van der Waals surface area contributed by atoms with Crippen molar-refractivity contribution in [1.82, 2.24) is 14.7 Å². The van der Waals surface area contributed by atoms with E-state index in [-0.39, 0.29) is 6.42 Å². The SMILES string of the molecule is CC(C)[C@H]1C(=O)O[C@H](C(C)C)C(=O)N(C)[C@@H](Cc2ccccc2)C(=O)O[C@H](C(C)C)C(=O)N(C)[C@@H](C(C)C)C(=O)O[C@H](C(C)C)C(=O)N1C. The molecule has 0 radical (unpaired) electrons. The van der Waals surface area contributed by atoms with Gasteiger partial charge >= 0.3 is 17.9 Å². The van der Waals surface area contributed by atoms with Crippen LogP contribution in [-0.4, -0.2) is 108 Å². The molecule has 3 amide bonds. The summed E-state index contributed by atoms with van der Waals surface area (Å²) in [5.74, 6) is -6.76. The molecule has 0 aliphatic carbocycles. The van der Waals surface area contributed by atoms with Gasteiger partial charge in [-0.3, -0.25) is 14.4 Å². The standard InChI is InChI=1S/C37H57N3O9/c1-20(2)27-36(45)48-29(22(5)6)32(41)38(11)26(19-25-17-15-14-16-18-25)35(44)47-30(23(7)8)33(42)39(12)28(21(3)4)37(46)49-31(24(9)10)34(43)40(27)13/h14-18,20-24,26-31H,19H2,1-13H3/t26-,27-,28-,29+,30+,31+/m0/s1. The molecule has 1 aromatic carbocycles. The third-order valence-corrected chi connectivity index (χ3v) is 8.91. The van der Waals surface area contributed by atoms with Crippen molar-refractivity contribution in [3.8, 4) is 0 Å². The van der Waals surface area contributed by atoms with Crippen molar-refractivity contribution in [1.29, 1.82) is 0 Å². The summed E-state index contributed by atoms with van der Waals surface area (Å²) in [6, 6.07) is 5.58. The predicted molar refractivity (Wildman–Crippen MR) is 184 cm³/mol.